The number of nitrogens with one attached hydrogen (secondary N) is 2. The first-order chi connectivity index (χ1) is 10.6. The normalized spacial score (nSPS) is 11.9. The van der Waals surface area contributed by atoms with Crippen LogP contribution in [0, 0.1) is 0 Å². The lowest BCUT2D eigenvalue weighted by Crippen LogP contribution is -2.57. The van der Waals surface area contributed by atoms with Crippen LogP contribution >= 0.6 is 0 Å². The van der Waals surface area contributed by atoms with Gasteiger partial charge in [0.05, 0.1) is 0 Å². The van der Waals surface area contributed by atoms with Crippen LogP contribution in [0.2, 0.25) is 0 Å². The highest BCUT2D eigenvalue weighted by Crippen LogP contribution is 2.28. The molecule has 6 nitrogen and oxygen atoms in total. The van der Waals surface area contributed by atoms with Crippen molar-refractivity contribution in [1.29, 1.82) is 0 Å². The molecule has 0 aliphatic heterocycles. The molecule has 1 aromatic rings. The highest BCUT2D eigenvalue weighted by molar-refractivity contribution is 5.90. The standard InChI is InChI=1S/C14H17F3N2O4/c15-14(16,17)13(22,23)12(21)18-9-5-4-8-11(20)19-10-6-2-1-3-7-10/h1-3,6-7,22-23H,4-5,8-9H2,(H,18,21)(H,19,20). The van der Waals surface area contributed by atoms with Gasteiger partial charge in [-0.1, -0.05) is 18.2 Å². The minimum atomic E-state index is -5.48. The third-order valence-electron chi connectivity index (χ3n) is 2.89. The summed E-state index contributed by atoms with van der Waals surface area (Å²) in [6.07, 6.45) is -4.84. The minimum Gasteiger partial charge on any atom is -0.351 e. The SMILES string of the molecule is O=C(CCCCNC(=O)C(O)(O)C(F)(F)F)Nc1ccccc1. The number of para-hydroxylation sites is 1. The molecule has 9 heteroatoms. The molecule has 0 atom stereocenters. The van der Waals surface area contributed by atoms with Crippen molar-refractivity contribution in [3.8, 4) is 0 Å². The van der Waals surface area contributed by atoms with Crippen molar-refractivity contribution in [2.24, 2.45) is 0 Å². The van der Waals surface area contributed by atoms with Gasteiger partial charge in [0.25, 0.3) is 5.91 Å². The van der Waals surface area contributed by atoms with Crippen molar-refractivity contribution in [2.45, 2.75) is 31.2 Å². The van der Waals surface area contributed by atoms with Crippen LogP contribution in [0.1, 0.15) is 19.3 Å². The van der Waals surface area contributed by atoms with Gasteiger partial charge in [-0.3, -0.25) is 9.59 Å². The molecule has 128 valence electrons. The fraction of sp³-hybridized carbons (Fsp3) is 0.429. The number of anilines is 1. The monoisotopic (exact) mass is 334 g/mol. The van der Waals surface area contributed by atoms with E-state index in [4.69, 9.17) is 10.2 Å². The Labute approximate surface area is 130 Å². The Morgan fingerprint density at radius 3 is 2.22 bits per heavy atom. The molecule has 0 aliphatic carbocycles. The summed E-state index contributed by atoms with van der Waals surface area (Å²) in [7, 11) is 0. The topological polar surface area (TPSA) is 98.7 Å². The van der Waals surface area contributed by atoms with E-state index in [1.54, 1.807) is 35.6 Å². The molecule has 2 amide bonds. The zero-order chi connectivity index (χ0) is 17.5. The predicted octanol–water partition coefficient (Wildman–Crippen LogP) is 1.15. The first kappa shape index (κ1) is 18.9. The third-order valence-corrected chi connectivity index (χ3v) is 2.89. The highest BCUT2D eigenvalue weighted by Gasteiger charge is 2.58. The molecule has 0 saturated carbocycles. The van der Waals surface area contributed by atoms with E-state index >= 15 is 0 Å². The average molecular weight is 334 g/mol. The molecule has 0 heterocycles. The third kappa shape index (κ3) is 5.87. The molecule has 0 aromatic heterocycles. The first-order valence-corrected chi connectivity index (χ1v) is 6.79. The fourth-order valence-corrected chi connectivity index (χ4v) is 1.61. The zero-order valence-electron chi connectivity index (χ0n) is 12.1. The summed E-state index contributed by atoms with van der Waals surface area (Å²) in [5.41, 5.74) is 0.626. The van der Waals surface area contributed by atoms with Crippen LogP contribution in [0.15, 0.2) is 30.3 Å². The summed E-state index contributed by atoms with van der Waals surface area (Å²) in [6.45, 7) is -0.212. The summed E-state index contributed by atoms with van der Waals surface area (Å²) in [5.74, 6) is -6.63. The van der Waals surface area contributed by atoms with Crippen LogP contribution in [-0.4, -0.2) is 40.5 Å². The second-order valence-corrected chi connectivity index (χ2v) is 4.80. The van der Waals surface area contributed by atoms with Gasteiger partial charge in [0.15, 0.2) is 0 Å². The number of alkyl halides is 3. The van der Waals surface area contributed by atoms with Crippen LogP contribution < -0.4 is 10.6 Å². The van der Waals surface area contributed by atoms with Gasteiger partial charge in [-0.05, 0) is 25.0 Å². The van der Waals surface area contributed by atoms with E-state index < -0.39 is 17.9 Å². The lowest BCUT2D eigenvalue weighted by molar-refractivity contribution is -0.328. The molecule has 0 fully saturated rings. The van der Waals surface area contributed by atoms with Gasteiger partial charge < -0.3 is 20.8 Å². The highest BCUT2D eigenvalue weighted by atomic mass is 19.4. The molecule has 0 bridgehead atoms. The summed E-state index contributed by atoms with van der Waals surface area (Å²) in [5, 5.41) is 21.8. The molecule has 1 aromatic carbocycles. The molecule has 1 rings (SSSR count). The van der Waals surface area contributed by atoms with Crippen LogP contribution in [0.5, 0.6) is 0 Å². The summed E-state index contributed by atoms with van der Waals surface area (Å²) in [4.78, 5) is 22.6. The Kier molecular flexibility index (Phi) is 6.52. The van der Waals surface area contributed by atoms with E-state index in [2.05, 4.69) is 5.32 Å². The lowest BCUT2D eigenvalue weighted by atomic mass is 10.2. The average Bonchev–Trinajstić information content (AvgIpc) is 2.46. The largest absolute Gasteiger partial charge is 0.453 e. The van der Waals surface area contributed by atoms with Gasteiger partial charge in [0.1, 0.15) is 0 Å². The summed E-state index contributed by atoms with van der Waals surface area (Å²) in [6, 6.07) is 8.71. The van der Waals surface area contributed by atoms with Crippen molar-refractivity contribution < 1.29 is 33.0 Å². The van der Waals surface area contributed by atoms with Crippen LogP contribution in [0.25, 0.3) is 0 Å². The maximum Gasteiger partial charge on any atom is 0.453 e. The number of aliphatic hydroxyl groups is 2. The number of carbonyl (C=O) groups excluding carboxylic acids is 2. The van der Waals surface area contributed by atoms with Crippen molar-refractivity contribution in [1.82, 2.24) is 5.32 Å². The quantitative estimate of drug-likeness (QED) is 0.444. The second kappa shape index (κ2) is 7.93. The van der Waals surface area contributed by atoms with Crippen molar-refractivity contribution in [3.05, 3.63) is 30.3 Å². The van der Waals surface area contributed by atoms with Crippen LogP contribution in [-0.2, 0) is 9.59 Å². The van der Waals surface area contributed by atoms with Gasteiger partial charge in [0, 0.05) is 18.7 Å². The Morgan fingerprint density at radius 2 is 1.65 bits per heavy atom. The smallest absolute Gasteiger partial charge is 0.351 e. The summed E-state index contributed by atoms with van der Waals surface area (Å²) >= 11 is 0. The number of rotatable bonds is 7. The maximum absolute atomic E-state index is 12.2. The number of unbranched alkanes of at least 4 members (excludes halogenated alkanes) is 1. The lowest BCUT2D eigenvalue weighted by Gasteiger charge is -2.22. The first-order valence-electron chi connectivity index (χ1n) is 6.79. The van der Waals surface area contributed by atoms with E-state index in [1.165, 1.54) is 0 Å². The Bertz CT molecular complexity index is 533. The molecule has 0 saturated heterocycles. The molecule has 23 heavy (non-hydrogen) atoms. The Morgan fingerprint density at radius 1 is 1.04 bits per heavy atom. The molecule has 0 spiro atoms. The number of amides is 2. The molecule has 0 aliphatic rings. The Hall–Kier alpha value is -2.13. The van der Waals surface area contributed by atoms with E-state index in [1.807, 2.05) is 0 Å². The summed E-state index contributed by atoms with van der Waals surface area (Å²) < 4.78 is 36.5. The van der Waals surface area contributed by atoms with E-state index in [9.17, 15) is 22.8 Å². The van der Waals surface area contributed by atoms with Crippen molar-refractivity contribution in [3.63, 3.8) is 0 Å². The number of hydrogen-bond acceptors (Lipinski definition) is 4. The van der Waals surface area contributed by atoms with E-state index in [-0.39, 0.29) is 25.3 Å². The Balaban J connectivity index is 2.23. The van der Waals surface area contributed by atoms with Crippen molar-refractivity contribution in [2.75, 3.05) is 11.9 Å². The van der Waals surface area contributed by atoms with Gasteiger partial charge in [-0.2, -0.15) is 13.2 Å². The second-order valence-electron chi connectivity index (χ2n) is 4.80. The number of carbonyl (C=O) groups is 2. The molecule has 0 unspecified atom stereocenters. The maximum atomic E-state index is 12.2. The van der Waals surface area contributed by atoms with E-state index in [0.29, 0.717) is 12.1 Å². The van der Waals surface area contributed by atoms with Gasteiger partial charge in [-0.25, -0.2) is 0 Å². The van der Waals surface area contributed by atoms with Gasteiger partial charge in [-0.15, -0.1) is 0 Å². The number of benzene rings is 1. The van der Waals surface area contributed by atoms with E-state index in [0.717, 1.165) is 0 Å². The van der Waals surface area contributed by atoms with Gasteiger partial charge >= 0.3 is 12.0 Å². The predicted molar refractivity (Wildman–Crippen MR) is 75.2 cm³/mol. The van der Waals surface area contributed by atoms with Crippen LogP contribution in [0.4, 0.5) is 18.9 Å². The zero-order valence-corrected chi connectivity index (χ0v) is 12.1. The molecular weight excluding hydrogens is 317 g/mol. The van der Waals surface area contributed by atoms with Crippen LogP contribution in [0.3, 0.4) is 0 Å². The molecule has 4 N–H and O–H groups in total. The van der Waals surface area contributed by atoms with Crippen molar-refractivity contribution >= 4 is 17.5 Å². The molecular formula is C14H17F3N2O4. The number of hydrogen-bond donors (Lipinski definition) is 4. The molecule has 0 radical (unpaired) electrons. The fourth-order valence-electron chi connectivity index (χ4n) is 1.61. The number of halogens is 3. The minimum absolute atomic E-state index is 0.118. The van der Waals surface area contributed by atoms with Gasteiger partial charge in [0.2, 0.25) is 5.91 Å².